The summed E-state index contributed by atoms with van der Waals surface area (Å²) in [5, 5.41) is 5.47. The lowest BCUT2D eigenvalue weighted by Crippen LogP contribution is -2.40. The smallest absolute Gasteiger partial charge is 0.243 e. The highest BCUT2D eigenvalue weighted by atomic mass is 32.1. The second kappa shape index (κ2) is 9.27. The van der Waals surface area contributed by atoms with Crippen molar-refractivity contribution in [2.24, 2.45) is 12.0 Å². The van der Waals surface area contributed by atoms with Crippen molar-refractivity contribution in [3.05, 3.63) is 46.4 Å². The number of aromatic nitrogens is 1. The van der Waals surface area contributed by atoms with Gasteiger partial charge in [0.1, 0.15) is 6.54 Å². The zero-order valence-corrected chi connectivity index (χ0v) is 16.2. The van der Waals surface area contributed by atoms with E-state index in [1.165, 1.54) is 10.6 Å². The molecule has 25 heavy (non-hydrogen) atoms. The maximum Gasteiger partial charge on any atom is 0.243 e. The zero-order chi connectivity index (χ0) is 18.2. The van der Waals surface area contributed by atoms with E-state index in [4.69, 9.17) is 0 Å². The number of hydrogen-bond acceptors (Lipinski definition) is 3. The zero-order valence-electron chi connectivity index (χ0n) is 15.4. The topological polar surface area (TPSA) is 52.9 Å². The van der Waals surface area contributed by atoms with Crippen molar-refractivity contribution in [2.45, 2.75) is 13.0 Å². The second-order valence-corrected chi connectivity index (χ2v) is 7.18. The number of carbonyl (C=O) groups excluding carboxylic acids is 1. The number of nitrogens with zero attached hydrogens (tertiary/aromatic N) is 4. The lowest BCUT2D eigenvalue weighted by atomic mass is 10.3. The first-order valence-corrected chi connectivity index (χ1v) is 9.17. The van der Waals surface area contributed by atoms with E-state index in [1.54, 1.807) is 30.3 Å². The van der Waals surface area contributed by atoms with Crippen LogP contribution in [0, 0.1) is 0 Å². The molecule has 1 amide bonds. The molecule has 0 unspecified atom stereocenters. The number of rotatable bonds is 7. The summed E-state index contributed by atoms with van der Waals surface area (Å²) in [6, 6.07) is 8.31. The third-order valence-electron chi connectivity index (χ3n) is 3.91. The molecule has 2 heterocycles. The highest BCUT2D eigenvalue weighted by molar-refractivity contribution is 7.09. The van der Waals surface area contributed by atoms with Gasteiger partial charge in [-0.1, -0.05) is 6.07 Å². The average Bonchev–Trinajstić information content (AvgIpc) is 3.22. The highest BCUT2D eigenvalue weighted by Gasteiger charge is 2.11. The molecule has 0 radical (unpaired) electrons. The van der Waals surface area contributed by atoms with Crippen LogP contribution in [0.3, 0.4) is 0 Å². The van der Waals surface area contributed by atoms with Gasteiger partial charge in [0.2, 0.25) is 5.91 Å². The van der Waals surface area contributed by atoms with Gasteiger partial charge in [0.05, 0.1) is 6.54 Å². The lowest BCUT2D eigenvalue weighted by molar-refractivity contribution is -0.127. The first kappa shape index (κ1) is 19.1. The number of nitrogens with one attached hydrogen (secondary N) is 1. The molecule has 0 saturated heterocycles. The van der Waals surface area contributed by atoms with Crippen LogP contribution in [0.4, 0.5) is 0 Å². The summed E-state index contributed by atoms with van der Waals surface area (Å²) in [6.45, 7) is 1.66. The minimum Gasteiger partial charge on any atom is -0.356 e. The van der Waals surface area contributed by atoms with Crippen molar-refractivity contribution >= 4 is 23.2 Å². The summed E-state index contributed by atoms with van der Waals surface area (Å²) < 4.78 is 2.09. The Balaban J connectivity index is 2.00. The third-order valence-corrected chi connectivity index (χ3v) is 4.85. The molecule has 0 fully saturated rings. The van der Waals surface area contributed by atoms with Crippen LogP contribution >= 0.6 is 11.3 Å². The minimum absolute atomic E-state index is 0.00942. The monoisotopic (exact) mass is 361 g/mol. The molecule has 0 aromatic carbocycles. The molecular weight excluding hydrogens is 334 g/mol. The fourth-order valence-electron chi connectivity index (χ4n) is 2.33. The largest absolute Gasteiger partial charge is 0.356 e. The summed E-state index contributed by atoms with van der Waals surface area (Å²) in [5.74, 6) is 0.734. The van der Waals surface area contributed by atoms with Gasteiger partial charge in [-0.05, 0) is 30.0 Å². The maximum absolute atomic E-state index is 11.9. The second-order valence-electron chi connectivity index (χ2n) is 6.15. The van der Waals surface area contributed by atoms with Crippen LogP contribution in [0.5, 0.6) is 0 Å². The molecule has 6 nitrogen and oxygen atoms in total. The van der Waals surface area contributed by atoms with E-state index in [0.717, 1.165) is 25.5 Å². The van der Waals surface area contributed by atoms with E-state index in [1.807, 2.05) is 31.3 Å². The van der Waals surface area contributed by atoms with E-state index < -0.39 is 0 Å². The molecule has 0 spiro atoms. The molecule has 0 aliphatic heterocycles. The van der Waals surface area contributed by atoms with Crippen LogP contribution in [0.2, 0.25) is 0 Å². The summed E-state index contributed by atoms with van der Waals surface area (Å²) in [5.41, 5.74) is 1.19. The van der Waals surface area contributed by atoms with Gasteiger partial charge in [-0.3, -0.25) is 4.79 Å². The van der Waals surface area contributed by atoms with E-state index in [9.17, 15) is 4.79 Å². The van der Waals surface area contributed by atoms with Crippen LogP contribution in [0.15, 0.2) is 40.8 Å². The number of thiophene rings is 1. The Morgan fingerprint density at radius 1 is 1.28 bits per heavy atom. The Labute approximate surface area is 153 Å². The summed E-state index contributed by atoms with van der Waals surface area (Å²) >= 11 is 1.75. The number of hydrogen-bond donors (Lipinski definition) is 1. The molecule has 0 bridgehead atoms. The average molecular weight is 362 g/mol. The first-order valence-electron chi connectivity index (χ1n) is 8.29. The Morgan fingerprint density at radius 2 is 2.08 bits per heavy atom. The van der Waals surface area contributed by atoms with Crippen molar-refractivity contribution in [3.63, 3.8) is 0 Å². The molecule has 2 rings (SSSR count). The summed E-state index contributed by atoms with van der Waals surface area (Å²) in [6.07, 6.45) is 2.97. The highest BCUT2D eigenvalue weighted by Crippen LogP contribution is 2.08. The molecule has 0 aliphatic carbocycles. The van der Waals surface area contributed by atoms with Crippen LogP contribution in [0.1, 0.15) is 10.6 Å². The van der Waals surface area contributed by atoms with Crippen molar-refractivity contribution in [1.82, 2.24) is 19.7 Å². The summed E-state index contributed by atoms with van der Waals surface area (Å²) in [7, 11) is 7.51. The van der Waals surface area contributed by atoms with Crippen molar-refractivity contribution in [3.8, 4) is 0 Å². The van der Waals surface area contributed by atoms with Crippen LogP contribution in [0.25, 0.3) is 0 Å². The van der Waals surface area contributed by atoms with Gasteiger partial charge in [-0.25, -0.2) is 4.99 Å². The normalized spacial score (nSPS) is 11.4. The molecule has 1 N–H and O–H groups in total. The fourth-order valence-corrected chi connectivity index (χ4v) is 3.04. The predicted octanol–water partition coefficient (Wildman–Crippen LogP) is 1.79. The number of likely N-dealkylation sites (N-methyl/N-ethyl adjacent to an activating group) is 1. The van der Waals surface area contributed by atoms with Gasteiger partial charge in [0.15, 0.2) is 5.96 Å². The van der Waals surface area contributed by atoms with Gasteiger partial charge in [-0.2, -0.15) is 0 Å². The number of amides is 1. The predicted molar refractivity (Wildman–Crippen MR) is 104 cm³/mol. The molecule has 0 atom stereocenters. The molecule has 2 aromatic heterocycles. The fraction of sp³-hybridized carbons (Fsp3) is 0.444. The van der Waals surface area contributed by atoms with Gasteiger partial charge in [0, 0.05) is 51.5 Å². The molecular formula is C18H27N5OS. The van der Waals surface area contributed by atoms with Crippen LogP contribution in [-0.4, -0.2) is 60.5 Å². The van der Waals surface area contributed by atoms with Crippen molar-refractivity contribution in [1.29, 1.82) is 0 Å². The Bertz CT molecular complexity index is 690. The quantitative estimate of drug-likeness (QED) is 0.604. The number of aliphatic imine (C=N–C) groups is 1. The number of guanidine groups is 1. The van der Waals surface area contributed by atoms with Gasteiger partial charge in [-0.15, -0.1) is 11.3 Å². The van der Waals surface area contributed by atoms with Crippen LogP contribution < -0.4 is 5.32 Å². The van der Waals surface area contributed by atoms with Gasteiger partial charge < -0.3 is 19.7 Å². The minimum atomic E-state index is -0.00942. The van der Waals surface area contributed by atoms with E-state index >= 15 is 0 Å². The van der Waals surface area contributed by atoms with E-state index in [2.05, 4.69) is 38.5 Å². The Kier molecular flexibility index (Phi) is 7.06. The molecule has 136 valence electrons. The van der Waals surface area contributed by atoms with Gasteiger partial charge in [0.25, 0.3) is 0 Å². The molecule has 7 heteroatoms. The number of carbonyl (C=O) groups is 1. The van der Waals surface area contributed by atoms with Gasteiger partial charge >= 0.3 is 0 Å². The third kappa shape index (κ3) is 5.94. The molecule has 2 aromatic rings. The van der Waals surface area contributed by atoms with E-state index in [0.29, 0.717) is 0 Å². The molecule has 0 saturated carbocycles. The Morgan fingerprint density at radius 3 is 2.68 bits per heavy atom. The Hall–Kier alpha value is -2.28. The first-order chi connectivity index (χ1) is 12.0. The summed E-state index contributed by atoms with van der Waals surface area (Å²) in [4.78, 5) is 21.3. The van der Waals surface area contributed by atoms with Crippen LogP contribution in [-0.2, 0) is 24.8 Å². The number of aryl methyl sites for hydroxylation is 1. The standard InChI is InChI=1S/C18H27N5OS/c1-21(2)17(24)13-20-18(19-10-9-16-8-6-12-25-16)23(4)14-15-7-5-11-22(15)3/h5-8,11-12H,9-10,13-14H2,1-4H3,(H,19,20). The maximum atomic E-state index is 11.9. The molecule has 0 aliphatic rings. The lowest BCUT2D eigenvalue weighted by Gasteiger charge is -2.23. The van der Waals surface area contributed by atoms with Crippen molar-refractivity contribution in [2.75, 3.05) is 34.2 Å². The van der Waals surface area contributed by atoms with E-state index in [-0.39, 0.29) is 12.5 Å². The van der Waals surface area contributed by atoms with Crippen molar-refractivity contribution < 1.29 is 4.79 Å². The SMILES string of the molecule is CN(C)C(=O)CN=C(NCCc1cccs1)N(C)Cc1cccn1C.